The summed E-state index contributed by atoms with van der Waals surface area (Å²) < 4.78 is 7.88. The first kappa shape index (κ1) is 39.3. The van der Waals surface area contributed by atoms with Crippen molar-refractivity contribution in [1.29, 1.82) is 0 Å². The first-order valence-electron chi connectivity index (χ1n) is 19.6. The molecule has 2 fully saturated rings. The van der Waals surface area contributed by atoms with Crippen molar-refractivity contribution in [2.45, 2.75) is 45.1 Å². The molecule has 0 aliphatic carbocycles. The number of aromatic amines is 1. The Kier molecular flexibility index (Phi) is 11.2. The zero-order valence-corrected chi connectivity index (χ0v) is 33.8. The van der Waals surface area contributed by atoms with Crippen LogP contribution in [0.4, 0.5) is 5.69 Å². The van der Waals surface area contributed by atoms with Crippen molar-refractivity contribution < 1.29 is 23.9 Å². The highest BCUT2D eigenvalue weighted by Gasteiger charge is 2.29. The Morgan fingerprint density at radius 2 is 1.68 bits per heavy atom. The number of imide groups is 1. The minimum atomic E-state index is -0.288. The van der Waals surface area contributed by atoms with Crippen LogP contribution in [0.1, 0.15) is 69.1 Å². The largest absolute Gasteiger partial charge is 0.453 e. The van der Waals surface area contributed by atoms with Gasteiger partial charge in [-0.1, -0.05) is 35.9 Å². The number of aryl methyl sites for hydroxylation is 2. The highest BCUT2D eigenvalue weighted by atomic mass is 35.5. The molecular weight excluding hydrogens is 770 g/mol. The molecule has 4 amide bonds. The Hall–Kier alpha value is -6.54. The van der Waals surface area contributed by atoms with Gasteiger partial charge in [0.25, 0.3) is 11.8 Å². The number of nitrogens with zero attached hydrogens (tertiary/aromatic N) is 6. The predicted molar refractivity (Wildman–Crippen MR) is 223 cm³/mol. The molecule has 0 spiro atoms. The summed E-state index contributed by atoms with van der Waals surface area (Å²) in [5.41, 5.74) is 6.62. The summed E-state index contributed by atoms with van der Waals surface area (Å²) in [6, 6.07) is 22.2. The zero-order chi connectivity index (χ0) is 41.2. The molecular formula is C44H44ClN9O5. The number of aromatic nitrogens is 5. The topological polar surface area (TPSA) is 167 Å². The number of halogens is 1. The standard InChI is InChI=1S/C44H44ClN9O5/c1-26-35(25-53(3)51-26)40-49-38-39(36(45)23-46-41(38)50-40)59-33-14-10-30(11-15-33)42(56)47-22-27-4-6-31(7-5-27)44(58)52(2)24-28-18-20-54(21-19-28)32-12-8-29(9-13-32)34-16-17-37(55)48-43(34)57/h4-15,23,25,28,34H,16-22,24H2,1-3H3,(H,47,56)(H,46,49,50)(H,48,55,57)/t34-/m0/s1. The van der Waals surface area contributed by atoms with Crippen LogP contribution in [0.2, 0.25) is 5.02 Å². The summed E-state index contributed by atoms with van der Waals surface area (Å²) in [4.78, 5) is 66.5. The maximum absolute atomic E-state index is 13.3. The first-order valence-corrected chi connectivity index (χ1v) is 20.0. The lowest BCUT2D eigenvalue weighted by atomic mass is 9.90. The second-order valence-corrected chi connectivity index (χ2v) is 15.6. The van der Waals surface area contributed by atoms with Gasteiger partial charge >= 0.3 is 0 Å². The average Bonchev–Trinajstić information content (AvgIpc) is 3.83. The fourth-order valence-electron chi connectivity index (χ4n) is 7.81. The molecule has 1 atom stereocenters. The molecule has 2 aliphatic rings. The van der Waals surface area contributed by atoms with E-state index in [0.717, 1.165) is 54.0 Å². The van der Waals surface area contributed by atoms with Crippen molar-refractivity contribution in [1.82, 2.24) is 40.3 Å². The van der Waals surface area contributed by atoms with E-state index in [1.807, 2.05) is 51.5 Å². The number of amides is 4. The number of H-pyrrole nitrogens is 1. The van der Waals surface area contributed by atoms with E-state index in [4.69, 9.17) is 16.3 Å². The van der Waals surface area contributed by atoms with E-state index in [2.05, 4.69) is 47.7 Å². The molecule has 8 rings (SSSR count). The van der Waals surface area contributed by atoms with E-state index in [-0.39, 0.29) is 29.5 Å². The van der Waals surface area contributed by atoms with Gasteiger partial charge in [0.1, 0.15) is 22.1 Å². The Balaban J connectivity index is 0.797. The Morgan fingerprint density at radius 3 is 2.36 bits per heavy atom. The molecule has 302 valence electrons. The number of rotatable bonds is 11. The molecule has 14 nitrogen and oxygen atoms in total. The van der Waals surface area contributed by atoms with Gasteiger partial charge in [0.2, 0.25) is 11.8 Å². The van der Waals surface area contributed by atoms with Gasteiger partial charge < -0.3 is 24.8 Å². The van der Waals surface area contributed by atoms with Gasteiger partial charge in [0, 0.05) is 69.7 Å². The molecule has 2 saturated heterocycles. The minimum Gasteiger partial charge on any atom is -0.453 e. The van der Waals surface area contributed by atoms with Gasteiger partial charge in [0.15, 0.2) is 11.4 Å². The number of fused-ring (bicyclic) bond motifs is 1. The van der Waals surface area contributed by atoms with E-state index < -0.39 is 0 Å². The molecule has 6 aromatic rings. The van der Waals surface area contributed by atoms with Gasteiger partial charge in [-0.3, -0.25) is 29.2 Å². The number of hydrogen-bond donors (Lipinski definition) is 3. The third-order valence-electron chi connectivity index (χ3n) is 11.1. The van der Waals surface area contributed by atoms with Crippen molar-refractivity contribution in [2.24, 2.45) is 13.0 Å². The van der Waals surface area contributed by atoms with Crippen LogP contribution in [0.3, 0.4) is 0 Å². The van der Waals surface area contributed by atoms with Crippen molar-refractivity contribution in [3.05, 3.63) is 118 Å². The molecule has 3 N–H and O–H groups in total. The molecule has 3 aromatic carbocycles. The van der Waals surface area contributed by atoms with Crippen LogP contribution < -0.4 is 20.3 Å². The van der Waals surface area contributed by atoms with Crippen molar-refractivity contribution >= 4 is 52.1 Å². The highest BCUT2D eigenvalue weighted by molar-refractivity contribution is 6.32. The molecule has 0 saturated carbocycles. The fourth-order valence-corrected chi connectivity index (χ4v) is 7.99. The number of hydrogen-bond acceptors (Lipinski definition) is 9. The number of nitrogens with one attached hydrogen (secondary N) is 3. The Labute approximate surface area is 345 Å². The van der Waals surface area contributed by atoms with E-state index in [0.29, 0.717) is 76.5 Å². The maximum Gasteiger partial charge on any atom is 0.253 e. The number of benzene rings is 3. The Morgan fingerprint density at radius 1 is 0.966 bits per heavy atom. The normalized spacial score (nSPS) is 15.9. The summed E-state index contributed by atoms with van der Waals surface area (Å²) in [6.45, 7) is 4.63. The monoisotopic (exact) mass is 813 g/mol. The van der Waals surface area contributed by atoms with Gasteiger partial charge in [-0.25, -0.2) is 9.97 Å². The van der Waals surface area contributed by atoms with Gasteiger partial charge in [-0.2, -0.15) is 5.10 Å². The predicted octanol–water partition coefficient (Wildman–Crippen LogP) is 6.55. The smallest absolute Gasteiger partial charge is 0.253 e. The molecule has 0 bridgehead atoms. The molecule has 15 heteroatoms. The van der Waals surface area contributed by atoms with Crippen LogP contribution in [0, 0.1) is 12.8 Å². The van der Waals surface area contributed by atoms with E-state index >= 15 is 0 Å². The summed E-state index contributed by atoms with van der Waals surface area (Å²) in [5, 5.41) is 10.1. The van der Waals surface area contributed by atoms with Crippen molar-refractivity contribution in [2.75, 3.05) is 31.6 Å². The van der Waals surface area contributed by atoms with Crippen LogP contribution in [0.15, 0.2) is 85.2 Å². The van der Waals surface area contributed by atoms with Gasteiger partial charge in [-0.05, 0) is 91.8 Å². The van der Waals surface area contributed by atoms with Crippen LogP contribution in [0.25, 0.3) is 22.6 Å². The van der Waals surface area contributed by atoms with Crippen LogP contribution >= 0.6 is 11.6 Å². The fraction of sp³-hybridized carbons (Fsp3) is 0.295. The summed E-state index contributed by atoms with van der Waals surface area (Å²) in [5.74, 6) is 0.830. The van der Waals surface area contributed by atoms with E-state index in [9.17, 15) is 19.2 Å². The number of ether oxygens (including phenoxy) is 1. The molecule has 5 heterocycles. The number of pyridine rings is 1. The summed E-state index contributed by atoms with van der Waals surface area (Å²) >= 11 is 6.50. The van der Waals surface area contributed by atoms with Gasteiger partial charge in [0.05, 0.1) is 23.4 Å². The second-order valence-electron chi connectivity index (χ2n) is 15.2. The Bertz CT molecular complexity index is 2530. The second kappa shape index (κ2) is 16.7. The number of anilines is 1. The number of imidazole rings is 1. The van der Waals surface area contributed by atoms with E-state index in [1.165, 1.54) is 6.20 Å². The van der Waals surface area contributed by atoms with Crippen molar-refractivity contribution in [3.8, 4) is 22.9 Å². The lowest BCUT2D eigenvalue weighted by Gasteiger charge is -2.35. The maximum atomic E-state index is 13.3. The van der Waals surface area contributed by atoms with Crippen LogP contribution in [-0.2, 0) is 23.2 Å². The first-order chi connectivity index (χ1) is 28.5. The molecule has 0 unspecified atom stereocenters. The highest BCUT2D eigenvalue weighted by Crippen LogP contribution is 2.36. The molecule has 2 aliphatic heterocycles. The molecule has 59 heavy (non-hydrogen) atoms. The lowest BCUT2D eigenvalue weighted by molar-refractivity contribution is -0.134. The quantitative estimate of drug-likeness (QED) is 0.123. The molecule has 3 aromatic heterocycles. The summed E-state index contributed by atoms with van der Waals surface area (Å²) in [7, 11) is 3.69. The number of carbonyl (C=O) groups is 4. The molecule has 0 radical (unpaired) electrons. The summed E-state index contributed by atoms with van der Waals surface area (Å²) in [6.07, 6.45) is 6.19. The van der Waals surface area contributed by atoms with Crippen LogP contribution in [-0.4, -0.2) is 79.9 Å². The minimum absolute atomic E-state index is 0.0419. The van der Waals surface area contributed by atoms with E-state index in [1.54, 1.807) is 46.0 Å². The number of carbonyl (C=O) groups excluding carboxylic acids is 4. The average molecular weight is 814 g/mol. The number of piperidine rings is 2. The van der Waals surface area contributed by atoms with Crippen LogP contribution in [0.5, 0.6) is 11.5 Å². The van der Waals surface area contributed by atoms with Gasteiger partial charge in [-0.15, -0.1) is 0 Å². The lowest BCUT2D eigenvalue weighted by Crippen LogP contribution is -2.40. The third-order valence-corrected chi connectivity index (χ3v) is 11.4. The SMILES string of the molecule is Cc1nn(C)cc1-c1nc2ncc(Cl)c(Oc3ccc(C(=O)NCc4ccc(C(=O)N(C)CC5CCN(c6ccc([C@@H]7CCC(=O)NC7=O)cc6)CC5)cc4)cc3)c2[nH]1. The third kappa shape index (κ3) is 8.68. The zero-order valence-electron chi connectivity index (χ0n) is 33.0. The van der Waals surface area contributed by atoms with Crippen molar-refractivity contribution in [3.63, 3.8) is 0 Å².